The van der Waals surface area contributed by atoms with Crippen molar-refractivity contribution in [2.24, 2.45) is 11.3 Å². The van der Waals surface area contributed by atoms with Crippen molar-refractivity contribution < 1.29 is 9.90 Å². The number of carbonyl (C=O) groups excluding carboxylic acids is 1. The molecule has 0 saturated carbocycles. The number of amides is 1. The lowest BCUT2D eigenvalue weighted by molar-refractivity contribution is -0.121. The maximum atomic E-state index is 12.9. The van der Waals surface area contributed by atoms with E-state index in [0.717, 1.165) is 47.2 Å². The fraction of sp³-hybridized carbons (Fsp3) is 0.556. The van der Waals surface area contributed by atoms with Crippen LogP contribution < -0.4 is 4.90 Å². The Morgan fingerprint density at radius 1 is 1.18 bits per heavy atom. The number of aromatic nitrogens is 3. The van der Waals surface area contributed by atoms with E-state index in [2.05, 4.69) is 48.9 Å². The number of nitrogens with zero attached hydrogens (tertiary/aromatic N) is 2. The largest absolute Gasteiger partial charge is 0.393 e. The molecule has 0 bridgehead atoms. The summed E-state index contributed by atoms with van der Waals surface area (Å²) in [5, 5.41) is 18.8. The summed E-state index contributed by atoms with van der Waals surface area (Å²) in [6.45, 7) is 12.8. The van der Waals surface area contributed by atoms with Crippen LogP contribution in [0.3, 0.4) is 0 Å². The van der Waals surface area contributed by atoms with Crippen LogP contribution in [0.1, 0.15) is 72.1 Å². The highest BCUT2D eigenvalue weighted by Crippen LogP contribution is 2.32. The van der Waals surface area contributed by atoms with Gasteiger partial charge >= 0.3 is 0 Å². The zero-order chi connectivity index (χ0) is 24.3. The molecule has 1 aromatic carbocycles. The van der Waals surface area contributed by atoms with Crippen molar-refractivity contribution in [1.82, 2.24) is 15.2 Å². The van der Waals surface area contributed by atoms with Gasteiger partial charge in [-0.15, -0.1) is 0 Å². The predicted molar refractivity (Wildman–Crippen MR) is 137 cm³/mol. The number of nitrogens with one attached hydrogen (secondary N) is 2. The molecule has 6 nitrogen and oxygen atoms in total. The molecule has 33 heavy (non-hydrogen) atoms. The van der Waals surface area contributed by atoms with Gasteiger partial charge in [0.25, 0.3) is 0 Å². The van der Waals surface area contributed by atoms with Crippen LogP contribution in [0.5, 0.6) is 0 Å². The van der Waals surface area contributed by atoms with E-state index in [1.165, 1.54) is 11.3 Å². The van der Waals surface area contributed by atoms with Gasteiger partial charge in [0.1, 0.15) is 5.69 Å². The smallest absolute Gasteiger partial charge is 0.229 e. The number of carbonyl (C=O) groups is 1. The SMILES string of the molecule is CCc1c(-c2cc3ccc(N(C)C(=O)[C@H](C)CCC(O)CC)cc3[nH]2)n[nH]c1CC(C)(C)C. The third kappa shape index (κ3) is 5.85. The minimum absolute atomic E-state index is 0.0665. The molecule has 2 heterocycles. The number of aromatic amines is 2. The number of hydrogen-bond donors (Lipinski definition) is 3. The third-order valence-electron chi connectivity index (χ3n) is 6.42. The number of H-pyrrole nitrogens is 2. The van der Waals surface area contributed by atoms with E-state index in [1.807, 2.05) is 39.1 Å². The maximum Gasteiger partial charge on any atom is 0.229 e. The van der Waals surface area contributed by atoms with Crippen molar-refractivity contribution in [3.63, 3.8) is 0 Å². The molecule has 2 atom stereocenters. The molecule has 2 aromatic heterocycles. The summed E-state index contributed by atoms with van der Waals surface area (Å²) in [5.41, 5.74) is 6.45. The molecule has 3 N–H and O–H groups in total. The Bertz CT molecular complexity index is 1090. The quantitative estimate of drug-likeness (QED) is 0.380. The first kappa shape index (κ1) is 25.0. The summed E-state index contributed by atoms with van der Waals surface area (Å²) in [7, 11) is 1.82. The van der Waals surface area contributed by atoms with Gasteiger partial charge in [0, 0.05) is 40.8 Å². The van der Waals surface area contributed by atoms with E-state index in [4.69, 9.17) is 0 Å². The average Bonchev–Trinajstić information content (AvgIpc) is 3.37. The van der Waals surface area contributed by atoms with Crippen molar-refractivity contribution in [3.8, 4) is 11.4 Å². The van der Waals surface area contributed by atoms with Crippen molar-refractivity contribution in [2.45, 2.75) is 79.8 Å². The van der Waals surface area contributed by atoms with Gasteiger partial charge in [0.05, 0.1) is 11.8 Å². The lowest BCUT2D eigenvalue weighted by Crippen LogP contribution is -2.32. The molecule has 1 unspecified atom stereocenters. The summed E-state index contributed by atoms with van der Waals surface area (Å²) in [6.07, 6.45) is 3.59. The van der Waals surface area contributed by atoms with E-state index >= 15 is 0 Å². The maximum absolute atomic E-state index is 12.9. The Morgan fingerprint density at radius 3 is 2.55 bits per heavy atom. The van der Waals surface area contributed by atoms with Crippen molar-refractivity contribution >= 4 is 22.5 Å². The van der Waals surface area contributed by atoms with Gasteiger partial charge in [-0.1, -0.05) is 47.6 Å². The second-order valence-electron chi connectivity index (χ2n) is 10.5. The number of aliphatic hydroxyl groups is 1. The fourth-order valence-corrected chi connectivity index (χ4v) is 4.36. The Hall–Kier alpha value is -2.60. The number of aliphatic hydroxyl groups excluding tert-OH is 1. The molecule has 0 spiro atoms. The van der Waals surface area contributed by atoms with Crippen LogP contribution in [0.4, 0.5) is 5.69 Å². The molecule has 6 heteroatoms. The average molecular weight is 453 g/mol. The number of rotatable bonds is 9. The second kappa shape index (κ2) is 10.1. The van der Waals surface area contributed by atoms with E-state index in [0.29, 0.717) is 12.8 Å². The standard InChI is InChI=1S/C27H40N4O2/c1-8-20(32)13-10-17(3)26(33)31(7)19-12-11-18-14-23(28-22(18)15-19)25-21(9-2)24(29-30-25)16-27(4,5)6/h11-12,14-15,17,20,28,32H,8-10,13,16H2,1-7H3,(H,29,30)/t17-,20?/m1/s1. The Morgan fingerprint density at radius 2 is 1.91 bits per heavy atom. The molecule has 0 fully saturated rings. The number of anilines is 1. The van der Waals surface area contributed by atoms with Gasteiger partial charge in [-0.3, -0.25) is 9.89 Å². The van der Waals surface area contributed by atoms with Crippen LogP contribution in [0.15, 0.2) is 24.3 Å². The summed E-state index contributed by atoms with van der Waals surface area (Å²) < 4.78 is 0. The molecule has 1 amide bonds. The first-order valence-electron chi connectivity index (χ1n) is 12.2. The summed E-state index contributed by atoms with van der Waals surface area (Å²) in [5.74, 6) is -0.0691. The van der Waals surface area contributed by atoms with Gasteiger partial charge in [0.2, 0.25) is 5.91 Å². The van der Waals surface area contributed by atoms with Gasteiger partial charge in [-0.2, -0.15) is 5.10 Å². The molecule has 3 rings (SSSR count). The minimum atomic E-state index is -0.335. The van der Waals surface area contributed by atoms with Crippen LogP contribution in [0.25, 0.3) is 22.3 Å². The summed E-state index contributed by atoms with van der Waals surface area (Å²) in [6, 6.07) is 8.20. The third-order valence-corrected chi connectivity index (χ3v) is 6.42. The highest BCUT2D eigenvalue weighted by Gasteiger charge is 2.22. The normalized spacial score (nSPS) is 13.9. The van der Waals surface area contributed by atoms with E-state index in [9.17, 15) is 9.90 Å². The van der Waals surface area contributed by atoms with Crippen LogP contribution >= 0.6 is 0 Å². The molecule has 0 aliphatic rings. The molecule has 180 valence electrons. The molecule has 0 aliphatic heterocycles. The van der Waals surface area contributed by atoms with Crippen LogP contribution in [-0.4, -0.2) is 39.3 Å². The van der Waals surface area contributed by atoms with Crippen LogP contribution in [0, 0.1) is 11.3 Å². The lowest BCUT2D eigenvalue weighted by Gasteiger charge is -2.22. The number of fused-ring (bicyclic) bond motifs is 1. The van der Waals surface area contributed by atoms with Crippen LogP contribution in [0.2, 0.25) is 0 Å². The first-order chi connectivity index (χ1) is 15.5. The number of hydrogen-bond acceptors (Lipinski definition) is 3. The molecular weight excluding hydrogens is 412 g/mol. The molecular formula is C27H40N4O2. The van der Waals surface area contributed by atoms with Crippen molar-refractivity contribution in [1.29, 1.82) is 0 Å². The predicted octanol–water partition coefficient (Wildman–Crippen LogP) is 5.86. The summed E-state index contributed by atoms with van der Waals surface area (Å²) in [4.78, 5) is 18.2. The van der Waals surface area contributed by atoms with E-state index < -0.39 is 0 Å². The zero-order valence-corrected chi connectivity index (χ0v) is 21.2. The highest BCUT2D eigenvalue weighted by molar-refractivity contribution is 5.97. The van der Waals surface area contributed by atoms with E-state index in [-0.39, 0.29) is 23.3 Å². The van der Waals surface area contributed by atoms with Crippen molar-refractivity contribution in [3.05, 3.63) is 35.5 Å². The van der Waals surface area contributed by atoms with E-state index in [1.54, 1.807) is 4.90 Å². The van der Waals surface area contributed by atoms with Crippen LogP contribution in [-0.2, 0) is 17.6 Å². The van der Waals surface area contributed by atoms with Gasteiger partial charge < -0.3 is 15.0 Å². The summed E-state index contributed by atoms with van der Waals surface area (Å²) >= 11 is 0. The van der Waals surface area contributed by atoms with Gasteiger partial charge in [-0.05, 0) is 55.7 Å². The Kier molecular flexibility index (Phi) is 7.68. The van der Waals surface area contributed by atoms with Gasteiger partial charge in [0.15, 0.2) is 0 Å². The van der Waals surface area contributed by atoms with Gasteiger partial charge in [-0.25, -0.2) is 0 Å². The Balaban J connectivity index is 1.83. The Labute approximate surface area is 197 Å². The van der Waals surface area contributed by atoms with Crippen molar-refractivity contribution in [2.75, 3.05) is 11.9 Å². The fourth-order valence-electron chi connectivity index (χ4n) is 4.36. The zero-order valence-electron chi connectivity index (χ0n) is 21.2. The minimum Gasteiger partial charge on any atom is -0.393 e. The first-order valence-corrected chi connectivity index (χ1v) is 12.2. The highest BCUT2D eigenvalue weighted by atomic mass is 16.3. The topological polar surface area (TPSA) is 85.0 Å². The molecule has 0 aliphatic carbocycles. The molecule has 3 aromatic rings. The second-order valence-corrected chi connectivity index (χ2v) is 10.5. The number of benzene rings is 1. The molecule has 0 saturated heterocycles. The molecule has 0 radical (unpaired) electrons. The lowest BCUT2D eigenvalue weighted by atomic mass is 9.88. The monoisotopic (exact) mass is 452 g/mol.